The van der Waals surface area contributed by atoms with Gasteiger partial charge in [0.25, 0.3) is 0 Å². The molecule has 0 heterocycles. The standard InChI is InChI=1S/C29H26S/c1-19(2)27-13-11-25(28-16-21-6-4-5-7-22(21)17-29(27)28)18-30-26-12-10-23-14-20(3)8-9-24(23)15-26/h4-17,19H,18H2,1-3H3. The van der Waals surface area contributed by atoms with Gasteiger partial charge in [-0.3, -0.25) is 0 Å². The summed E-state index contributed by atoms with van der Waals surface area (Å²) in [7, 11) is 0. The Labute approximate surface area is 182 Å². The number of rotatable bonds is 4. The summed E-state index contributed by atoms with van der Waals surface area (Å²) < 4.78 is 0. The van der Waals surface area contributed by atoms with Gasteiger partial charge in [-0.1, -0.05) is 80.1 Å². The van der Waals surface area contributed by atoms with Crippen LogP contribution in [0.5, 0.6) is 0 Å². The van der Waals surface area contributed by atoms with E-state index in [2.05, 4.69) is 106 Å². The van der Waals surface area contributed by atoms with Gasteiger partial charge >= 0.3 is 0 Å². The molecule has 148 valence electrons. The summed E-state index contributed by atoms with van der Waals surface area (Å²) >= 11 is 1.93. The molecule has 0 fully saturated rings. The summed E-state index contributed by atoms with van der Waals surface area (Å²) in [6.45, 7) is 6.72. The van der Waals surface area contributed by atoms with Gasteiger partial charge in [-0.05, 0) is 80.6 Å². The van der Waals surface area contributed by atoms with Crippen LogP contribution in [-0.4, -0.2) is 0 Å². The van der Waals surface area contributed by atoms with E-state index in [1.165, 1.54) is 53.9 Å². The third-order valence-electron chi connectivity index (χ3n) is 5.99. The number of benzene rings is 5. The topological polar surface area (TPSA) is 0 Å². The van der Waals surface area contributed by atoms with E-state index in [1.807, 2.05) is 11.8 Å². The Balaban J connectivity index is 1.54. The van der Waals surface area contributed by atoms with E-state index < -0.39 is 0 Å². The van der Waals surface area contributed by atoms with Crippen molar-refractivity contribution in [3.8, 4) is 0 Å². The zero-order valence-corrected chi connectivity index (χ0v) is 18.6. The summed E-state index contributed by atoms with van der Waals surface area (Å²) in [4.78, 5) is 1.33. The second kappa shape index (κ2) is 7.81. The first-order valence-corrected chi connectivity index (χ1v) is 11.6. The van der Waals surface area contributed by atoms with Gasteiger partial charge in [0.15, 0.2) is 0 Å². The lowest BCUT2D eigenvalue weighted by molar-refractivity contribution is 0.876. The molecule has 0 bridgehead atoms. The number of hydrogen-bond acceptors (Lipinski definition) is 1. The number of thioether (sulfide) groups is 1. The van der Waals surface area contributed by atoms with Crippen LogP contribution < -0.4 is 0 Å². The van der Waals surface area contributed by atoms with Crippen LogP contribution in [0.1, 0.15) is 36.5 Å². The molecule has 0 aliphatic heterocycles. The minimum Gasteiger partial charge on any atom is -0.121 e. The first kappa shape index (κ1) is 19.2. The maximum Gasteiger partial charge on any atom is 0.0238 e. The minimum absolute atomic E-state index is 0.513. The number of aryl methyl sites for hydroxylation is 1. The highest BCUT2D eigenvalue weighted by molar-refractivity contribution is 7.98. The third kappa shape index (κ3) is 3.59. The van der Waals surface area contributed by atoms with Crippen molar-refractivity contribution < 1.29 is 0 Å². The van der Waals surface area contributed by atoms with E-state index in [0.29, 0.717) is 5.92 Å². The van der Waals surface area contributed by atoms with Crippen molar-refractivity contribution in [1.82, 2.24) is 0 Å². The molecule has 5 aromatic rings. The van der Waals surface area contributed by atoms with Gasteiger partial charge in [-0.15, -0.1) is 11.8 Å². The summed E-state index contributed by atoms with van der Waals surface area (Å²) in [6.07, 6.45) is 0. The van der Waals surface area contributed by atoms with Gasteiger partial charge in [-0.2, -0.15) is 0 Å². The summed E-state index contributed by atoms with van der Waals surface area (Å²) in [5, 5.41) is 8.06. The monoisotopic (exact) mass is 406 g/mol. The van der Waals surface area contributed by atoms with Gasteiger partial charge in [0.1, 0.15) is 0 Å². The van der Waals surface area contributed by atoms with Gasteiger partial charge < -0.3 is 0 Å². The molecular formula is C29H26S. The Kier molecular flexibility index (Phi) is 5.00. The Bertz CT molecular complexity index is 1380. The lowest BCUT2D eigenvalue weighted by atomic mass is 9.91. The van der Waals surface area contributed by atoms with E-state index in [-0.39, 0.29) is 0 Å². The maximum absolute atomic E-state index is 2.38. The van der Waals surface area contributed by atoms with E-state index in [0.717, 1.165) is 5.75 Å². The molecule has 30 heavy (non-hydrogen) atoms. The molecular weight excluding hydrogens is 380 g/mol. The van der Waals surface area contributed by atoms with Gasteiger partial charge in [-0.25, -0.2) is 0 Å². The molecule has 0 nitrogen and oxygen atoms in total. The smallest absolute Gasteiger partial charge is 0.0238 e. The molecule has 0 atom stereocenters. The van der Waals surface area contributed by atoms with Gasteiger partial charge in [0, 0.05) is 10.6 Å². The summed E-state index contributed by atoms with van der Waals surface area (Å²) in [5.74, 6) is 1.49. The van der Waals surface area contributed by atoms with Crippen molar-refractivity contribution in [2.75, 3.05) is 0 Å². The molecule has 0 aromatic heterocycles. The van der Waals surface area contributed by atoms with Crippen LogP contribution in [0.4, 0.5) is 0 Å². The van der Waals surface area contributed by atoms with Crippen LogP contribution >= 0.6 is 11.8 Å². The maximum atomic E-state index is 2.38. The van der Waals surface area contributed by atoms with Crippen molar-refractivity contribution >= 4 is 44.1 Å². The lowest BCUT2D eigenvalue weighted by Gasteiger charge is -2.15. The molecule has 0 aliphatic carbocycles. The first-order valence-electron chi connectivity index (χ1n) is 10.7. The first-order chi connectivity index (χ1) is 14.6. The Morgan fingerprint density at radius 1 is 0.667 bits per heavy atom. The third-order valence-corrected chi connectivity index (χ3v) is 7.03. The molecule has 0 spiro atoms. The van der Waals surface area contributed by atoms with E-state index in [1.54, 1.807) is 0 Å². The molecule has 0 saturated carbocycles. The predicted molar refractivity (Wildman–Crippen MR) is 134 cm³/mol. The molecule has 0 saturated heterocycles. The molecule has 0 aliphatic rings. The quantitative estimate of drug-likeness (QED) is 0.212. The van der Waals surface area contributed by atoms with Crippen LogP contribution in [0.2, 0.25) is 0 Å². The van der Waals surface area contributed by atoms with Crippen LogP contribution in [0.15, 0.2) is 89.8 Å². The molecule has 0 unspecified atom stereocenters. The fourth-order valence-corrected chi connectivity index (χ4v) is 5.29. The van der Waals surface area contributed by atoms with Crippen LogP contribution in [-0.2, 0) is 5.75 Å². The highest BCUT2D eigenvalue weighted by Gasteiger charge is 2.11. The van der Waals surface area contributed by atoms with Gasteiger partial charge in [0.2, 0.25) is 0 Å². The average Bonchev–Trinajstić information content (AvgIpc) is 2.75. The second-order valence-electron chi connectivity index (χ2n) is 8.51. The highest BCUT2D eigenvalue weighted by atomic mass is 32.2. The van der Waals surface area contributed by atoms with Crippen molar-refractivity contribution in [3.63, 3.8) is 0 Å². The number of hydrogen-bond donors (Lipinski definition) is 0. The van der Waals surface area contributed by atoms with Crippen molar-refractivity contribution in [1.29, 1.82) is 0 Å². The van der Waals surface area contributed by atoms with Crippen LogP contribution in [0, 0.1) is 6.92 Å². The molecule has 0 amide bonds. The molecule has 5 aromatic carbocycles. The van der Waals surface area contributed by atoms with E-state index in [4.69, 9.17) is 0 Å². The SMILES string of the molecule is Cc1ccc2cc(SCc3ccc(C(C)C)c4cc5ccccc5cc34)ccc2c1. The minimum atomic E-state index is 0.513. The van der Waals surface area contributed by atoms with Crippen molar-refractivity contribution in [2.45, 2.75) is 37.3 Å². The zero-order valence-electron chi connectivity index (χ0n) is 17.8. The van der Waals surface area contributed by atoms with Crippen LogP contribution in [0.3, 0.4) is 0 Å². The Morgan fingerprint density at radius 2 is 1.33 bits per heavy atom. The van der Waals surface area contributed by atoms with E-state index >= 15 is 0 Å². The molecule has 0 N–H and O–H groups in total. The van der Waals surface area contributed by atoms with Crippen molar-refractivity contribution in [3.05, 3.63) is 102 Å². The molecule has 0 radical (unpaired) electrons. The average molecular weight is 407 g/mol. The predicted octanol–water partition coefficient (Wildman–Crippen LogP) is 8.87. The van der Waals surface area contributed by atoms with Crippen molar-refractivity contribution in [2.24, 2.45) is 0 Å². The summed E-state index contributed by atoms with van der Waals surface area (Å²) in [6, 6.07) is 31.6. The van der Waals surface area contributed by atoms with Gasteiger partial charge in [0.05, 0.1) is 0 Å². The van der Waals surface area contributed by atoms with E-state index in [9.17, 15) is 0 Å². The highest BCUT2D eigenvalue weighted by Crippen LogP contribution is 2.35. The van der Waals surface area contributed by atoms with Crippen LogP contribution in [0.25, 0.3) is 32.3 Å². The number of fused-ring (bicyclic) bond motifs is 3. The second-order valence-corrected chi connectivity index (χ2v) is 9.56. The zero-order chi connectivity index (χ0) is 20.7. The Morgan fingerprint density at radius 3 is 2.10 bits per heavy atom. The molecule has 1 heteroatoms. The lowest BCUT2D eigenvalue weighted by Crippen LogP contribution is -1.93. The fraction of sp³-hybridized carbons (Fsp3) is 0.172. The fourth-order valence-electron chi connectivity index (χ4n) is 4.34. The summed E-state index contributed by atoms with van der Waals surface area (Å²) in [5.41, 5.74) is 4.16. The molecule has 5 rings (SSSR count). The normalized spacial score (nSPS) is 11.7. The largest absolute Gasteiger partial charge is 0.121 e. The Hall–Kier alpha value is -2.77.